The van der Waals surface area contributed by atoms with Gasteiger partial charge in [0.15, 0.2) is 0 Å². The number of fused-ring (bicyclic) bond motifs is 1. The Kier molecular flexibility index (Phi) is 3.69. The Morgan fingerprint density at radius 3 is 3.00 bits per heavy atom. The number of morpholine rings is 1. The molecular weight excluding hydrogens is 240 g/mol. The molecule has 2 heterocycles. The van der Waals surface area contributed by atoms with Crippen molar-refractivity contribution < 1.29 is 9.53 Å². The number of nitrogens with one attached hydrogen (secondary N) is 1. The average Bonchev–Trinajstić information content (AvgIpc) is 2.94. The topological polar surface area (TPSA) is 41.6 Å². The molecule has 2 aliphatic rings. The van der Waals surface area contributed by atoms with Crippen LogP contribution in [0, 0.1) is 0 Å². The molecule has 102 valence electrons. The maximum Gasteiger partial charge on any atom is 0.223 e. The van der Waals surface area contributed by atoms with Gasteiger partial charge in [-0.05, 0) is 30.0 Å². The Morgan fingerprint density at radius 2 is 2.16 bits per heavy atom. The zero-order chi connectivity index (χ0) is 13.1. The lowest BCUT2D eigenvalue weighted by Crippen LogP contribution is -2.40. The van der Waals surface area contributed by atoms with Gasteiger partial charge in [-0.1, -0.05) is 12.1 Å². The van der Waals surface area contributed by atoms with Crippen molar-refractivity contribution in [2.45, 2.75) is 19.3 Å². The molecule has 1 aromatic carbocycles. The number of aryl methyl sites for hydroxylation is 1. The first-order valence-electron chi connectivity index (χ1n) is 7.05. The molecule has 4 nitrogen and oxygen atoms in total. The van der Waals surface area contributed by atoms with Crippen molar-refractivity contribution in [3.05, 3.63) is 29.3 Å². The van der Waals surface area contributed by atoms with Crippen LogP contribution < -0.4 is 5.32 Å². The van der Waals surface area contributed by atoms with Crippen molar-refractivity contribution >= 4 is 11.6 Å². The van der Waals surface area contributed by atoms with Gasteiger partial charge in [-0.3, -0.25) is 4.79 Å². The predicted octanol–water partition coefficient (Wildman–Crippen LogP) is 1.45. The van der Waals surface area contributed by atoms with Crippen LogP contribution in [0.2, 0.25) is 0 Å². The van der Waals surface area contributed by atoms with E-state index in [1.54, 1.807) is 0 Å². The Hall–Kier alpha value is -1.55. The summed E-state index contributed by atoms with van der Waals surface area (Å²) in [6, 6.07) is 6.35. The van der Waals surface area contributed by atoms with Crippen molar-refractivity contribution in [3.8, 4) is 0 Å². The molecule has 1 N–H and O–H groups in total. The summed E-state index contributed by atoms with van der Waals surface area (Å²) < 4.78 is 5.27. The van der Waals surface area contributed by atoms with Crippen LogP contribution in [-0.2, 0) is 22.4 Å². The average molecular weight is 260 g/mol. The quantitative estimate of drug-likeness (QED) is 0.894. The van der Waals surface area contributed by atoms with E-state index in [0.29, 0.717) is 19.6 Å². The number of hydrogen-bond donors (Lipinski definition) is 1. The molecule has 1 amide bonds. The molecule has 0 aliphatic carbocycles. The summed E-state index contributed by atoms with van der Waals surface area (Å²) in [6.45, 7) is 3.86. The molecule has 0 saturated carbocycles. The number of nitrogens with zero attached hydrogens (tertiary/aromatic N) is 1. The number of hydrogen-bond acceptors (Lipinski definition) is 3. The van der Waals surface area contributed by atoms with Crippen LogP contribution >= 0.6 is 0 Å². The number of ether oxygens (including phenoxy) is 1. The standard InChI is InChI=1S/C15H20N2O2/c18-15(17-8-10-19-11-9-17)5-4-12-2-1-3-14-13(12)6-7-16-14/h1-3,16H,4-11H2. The van der Waals surface area contributed by atoms with E-state index >= 15 is 0 Å². The van der Waals surface area contributed by atoms with Gasteiger partial charge in [0.1, 0.15) is 0 Å². The lowest BCUT2D eigenvalue weighted by Gasteiger charge is -2.27. The second kappa shape index (κ2) is 5.61. The van der Waals surface area contributed by atoms with Gasteiger partial charge in [-0.25, -0.2) is 0 Å². The fourth-order valence-electron chi connectivity index (χ4n) is 2.86. The SMILES string of the molecule is O=C(CCc1cccc2c1CCN2)N1CCOCC1. The lowest BCUT2D eigenvalue weighted by atomic mass is 10.0. The summed E-state index contributed by atoms with van der Waals surface area (Å²) in [5, 5.41) is 3.38. The van der Waals surface area contributed by atoms with Crippen LogP contribution in [-0.4, -0.2) is 43.7 Å². The number of carbonyl (C=O) groups excluding carboxylic acids is 1. The van der Waals surface area contributed by atoms with Crippen LogP contribution in [0.15, 0.2) is 18.2 Å². The molecule has 0 unspecified atom stereocenters. The van der Waals surface area contributed by atoms with E-state index in [4.69, 9.17) is 4.74 Å². The third-order valence-corrected chi connectivity index (χ3v) is 3.94. The van der Waals surface area contributed by atoms with Gasteiger partial charge in [0.05, 0.1) is 13.2 Å². The van der Waals surface area contributed by atoms with E-state index in [-0.39, 0.29) is 5.91 Å². The maximum absolute atomic E-state index is 12.1. The van der Waals surface area contributed by atoms with Crippen LogP contribution in [0.25, 0.3) is 0 Å². The number of anilines is 1. The molecule has 3 rings (SSSR count). The van der Waals surface area contributed by atoms with Gasteiger partial charge in [0.2, 0.25) is 5.91 Å². The lowest BCUT2D eigenvalue weighted by molar-refractivity contribution is -0.135. The van der Waals surface area contributed by atoms with Crippen molar-refractivity contribution in [1.82, 2.24) is 4.90 Å². The summed E-state index contributed by atoms with van der Waals surface area (Å²) in [4.78, 5) is 14.0. The van der Waals surface area contributed by atoms with E-state index in [9.17, 15) is 4.79 Å². The zero-order valence-corrected chi connectivity index (χ0v) is 11.2. The van der Waals surface area contributed by atoms with Crippen LogP contribution in [0.1, 0.15) is 17.5 Å². The van der Waals surface area contributed by atoms with E-state index in [0.717, 1.165) is 32.5 Å². The van der Waals surface area contributed by atoms with Gasteiger partial charge in [0, 0.05) is 31.7 Å². The smallest absolute Gasteiger partial charge is 0.223 e. The molecule has 0 radical (unpaired) electrons. The monoisotopic (exact) mass is 260 g/mol. The summed E-state index contributed by atoms with van der Waals surface area (Å²) in [5.41, 5.74) is 3.97. The van der Waals surface area contributed by atoms with E-state index in [2.05, 4.69) is 23.5 Å². The van der Waals surface area contributed by atoms with Crippen molar-refractivity contribution in [2.24, 2.45) is 0 Å². The van der Waals surface area contributed by atoms with Gasteiger partial charge < -0.3 is 15.0 Å². The molecule has 0 atom stereocenters. The maximum atomic E-state index is 12.1. The number of amides is 1. The molecule has 0 aromatic heterocycles. The second-order valence-corrected chi connectivity index (χ2v) is 5.11. The minimum absolute atomic E-state index is 0.256. The van der Waals surface area contributed by atoms with Gasteiger partial charge in [-0.15, -0.1) is 0 Å². The van der Waals surface area contributed by atoms with Crippen LogP contribution in [0.4, 0.5) is 5.69 Å². The minimum Gasteiger partial charge on any atom is -0.384 e. The molecule has 0 bridgehead atoms. The summed E-state index contributed by atoms with van der Waals surface area (Å²) in [6.07, 6.45) is 2.54. The molecule has 1 saturated heterocycles. The highest BCUT2D eigenvalue weighted by Gasteiger charge is 2.18. The van der Waals surface area contributed by atoms with Crippen molar-refractivity contribution in [1.29, 1.82) is 0 Å². The van der Waals surface area contributed by atoms with Crippen LogP contribution in [0.3, 0.4) is 0 Å². The predicted molar refractivity (Wildman–Crippen MR) is 74.4 cm³/mol. The number of benzene rings is 1. The molecule has 1 aromatic rings. The van der Waals surface area contributed by atoms with Crippen molar-refractivity contribution in [3.63, 3.8) is 0 Å². The first-order chi connectivity index (χ1) is 9.34. The largest absolute Gasteiger partial charge is 0.384 e. The normalized spacial score (nSPS) is 18.0. The first kappa shape index (κ1) is 12.5. The summed E-state index contributed by atoms with van der Waals surface area (Å²) in [7, 11) is 0. The number of rotatable bonds is 3. The molecule has 0 spiro atoms. The molecule has 4 heteroatoms. The van der Waals surface area contributed by atoms with Gasteiger partial charge >= 0.3 is 0 Å². The van der Waals surface area contributed by atoms with E-state index < -0.39 is 0 Å². The Labute approximate surface area is 113 Å². The second-order valence-electron chi connectivity index (χ2n) is 5.11. The Bertz CT molecular complexity index is 467. The minimum atomic E-state index is 0.256. The van der Waals surface area contributed by atoms with Crippen LogP contribution in [0.5, 0.6) is 0 Å². The van der Waals surface area contributed by atoms with Gasteiger partial charge in [0.25, 0.3) is 0 Å². The first-order valence-corrected chi connectivity index (χ1v) is 7.05. The summed E-state index contributed by atoms with van der Waals surface area (Å²) >= 11 is 0. The fraction of sp³-hybridized carbons (Fsp3) is 0.533. The van der Waals surface area contributed by atoms with E-state index in [1.807, 2.05) is 4.90 Å². The highest BCUT2D eigenvalue weighted by Crippen LogP contribution is 2.26. The summed E-state index contributed by atoms with van der Waals surface area (Å²) in [5.74, 6) is 0.256. The Balaban J connectivity index is 1.60. The van der Waals surface area contributed by atoms with Gasteiger partial charge in [-0.2, -0.15) is 0 Å². The molecular formula is C15H20N2O2. The molecule has 1 fully saturated rings. The number of carbonyl (C=O) groups is 1. The fourth-order valence-corrected chi connectivity index (χ4v) is 2.86. The Morgan fingerprint density at radius 1 is 1.32 bits per heavy atom. The third kappa shape index (κ3) is 2.73. The highest BCUT2D eigenvalue weighted by atomic mass is 16.5. The highest BCUT2D eigenvalue weighted by molar-refractivity contribution is 5.76. The van der Waals surface area contributed by atoms with Crippen molar-refractivity contribution in [2.75, 3.05) is 38.2 Å². The molecule has 19 heavy (non-hydrogen) atoms. The molecule has 2 aliphatic heterocycles. The van der Waals surface area contributed by atoms with E-state index in [1.165, 1.54) is 16.8 Å². The third-order valence-electron chi connectivity index (χ3n) is 3.94. The zero-order valence-electron chi connectivity index (χ0n) is 11.2.